The summed E-state index contributed by atoms with van der Waals surface area (Å²) in [5.74, 6) is 0.953. The maximum atomic E-state index is 11.5. The Hall–Kier alpha value is -3.26. The number of nitrogens with zero attached hydrogens (tertiary/aromatic N) is 4. The molecule has 3 aromatic rings. The van der Waals surface area contributed by atoms with Gasteiger partial charge in [0.15, 0.2) is 5.69 Å². The van der Waals surface area contributed by atoms with Crippen LogP contribution >= 0.6 is 0 Å². The number of piperidine rings is 1. The van der Waals surface area contributed by atoms with Crippen molar-refractivity contribution in [3.63, 3.8) is 0 Å². The van der Waals surface area contributed by atoms with Gasteiger partial charge in [0, 0.05) is 34.8 Å². The molecule has 0 amide bonds. The van der Waals surface area contributed by atoms with Crippen molar-refractivity contribution < 1.29 is 19.2 Å². The van der Waals surface area contributed by atoms with Crippen LogP contribution in [-0.4, -0.2) is 44.4 Å². The Balaban J connectivity index is 1.21. The molecule has 8 heteroatoms. The van der Waals surface area contributed by atoms with Gasteiger partial charge in [-0.25, -0.2) is 14.8 Å². The number of carboxylic acids is 1. The molecule has 188 valence electrons. The number of aromatic nitrogens is 3. The predicted molar refractivity (Wildman–Crippen MR) is 134 cm³/mol. The number of hydrogen-bond acceptors (Lipinski definition) is 7. The molecule has 3 aliphatic rings. The molecule has 2 aliphatic heterocycles. The van der Waals surface area contributed by atoms with E-state index in [1.54, 1.807) is 0 Å². The van der Waals surface area contributed by atoms with Crippen molar-refractivity contribution in [2.24, 2.45) is 0 Å². The molecule has 2 aromatic heterocycles. The molecule has 1 saturated carbocycles. The topological polar surface area (TPSA) is 102 Å². The van der Waals surface area contributed by atoms with E-state index in [0.717, 1.165) is 61.1 Å². The summed E-state index contributed by atoms with van der Waals surface area (Å²) in [6.45, 7) is 6.55. The first-order chi connectivity index (χ1) is 17.4. The van der Waals surface area contributed by atoms with Gasteiger partial charge in [0.25, 0.3) is 0 Å². The third-order valence-electron chi connectivity index (χ3n) is 7.93. The maximum absolute atomic E-state index is 11.5. The van der Waals surface area contributed by atoms with Crippen molar-refractivity contribution in [2.45, 2.75) is 90.0 Å². The molecule has 0 radical (unpaired) electrons. The predicted octanol–water partition coefficient (Wildman–Crippen LogP) is 5.35. The van der Waals surface area contributed by atoms with Crippen LogP contribution in [-0.2, 0) is 11.3 Å². The van der Waals surface area contributed by atoms with Crippen LogP contribution in [0.25, 0.3) is 11.3 Å². The second kappa shape index (κ2) is 9.00. The summed E-state index contributed by atoms with van der Waals surface area (Å²) in [4.78, 5) is 22.7. The van der Waals surface area contributed by atoms with Crippen molar-refractivity contribution in [3.05, 3.63) is 58.1 Å². The van der Waals surface area contributed by atoms with E-state index >= 15 is 0 Å². The van der Waals surface area contributed by atoms with E-state index in [1.807, 2.05) is 6.92 Å². The van der Waals surface area contributed by atoms with Crippen molar-refractivity contribution in [2.75, 3.05) is 4.90 Å². The molecular formula is C28H32N4O4. The van der Waals surface area contributed by atoms with Gasteiger partial charge >= 0.3 is 5.97 Å². The largest absolute Gasteiger partial charge is 0.477 e. The van der Waals surface area contributed by atoms with Gasteiger partial charge in [-0.2, -0.15) is 0 Å². The standard InChI is InChI=1S/C28H32N4O4/c1-15-5-4-6-16(2)24(15)25-22(26(36-31-25)18-7-8-18)14-35-21-12-19-9-10-20(13-21)32(19)28-29-17(3)11-23(30-28)27(33)34/h4-6,11,18-21H,7-10,12-14H2,1-3H3,(H,33,34)/t19-,20?,21?/m0/s1. The highest BCUT2D eigenvalue weighted by Gasteiger charge is 2.43. The Morgan fingerprint density at radius 2 is 1.78 bits per heavy atom. The zero-order valence-electron chi connectivity index (χ0n) is 21.0. The van der Waals surface area contributed by atoms with Crippen LogP contribution in [0.3, 0.4) is 0 Å². The van der Waals surface area contributed by atoms with Crippen LogP contribution in [0.15, 0.2) is 28.8 Å². The Labute approximate surface area is 210 Å². The first-order valence-corrected chi connectivity index (χ1v) is 12.9. The van der Waals surface area contributed by atoms with Crippen LogP contribution in [0.2, 0.25) is 0 Å². The highest BCUT2D eigenvalue weighted by Crippen LogP contribution is 2.45. The van der Waals surface area contributed by atoms with E-state index in [-0.39, 0.29) is 23.9 Å². The number of carbonyl (C=O) groups is 1. The lowest BCUT2D eigenvalue weighted by Crippen LogP contribution is -2.46. The highest BCUT2D eigenvalue weighted by molar-refractivity contribution is 5.85. The molecule has 2 bridgehead atoms. The monoisotopic (exact) mass is 488 g/mol. The summed E-state index contributed by atoms with van der Waals surface area (Å²) in [6, 6.07) is 8.34. The first-order valence-electron chi connectivity index (χ1n) is 12.9. The molecule has 3 fully saturated rings. The molecule has 2 unspecified atom stereocenters. The molecule has 0 spiro atoms. The number of aryl methyl sites for hydroxylation is 3. The molecule has 3 atom stereocenters. The number of ether oxygens (including phenoxy) is 1. The highest BCUT2D eigenvalue weighted by atomic mass is 16.5. The molecule has 1 aliphatic carbocycles. The van der Waals surface area contributed by atoms with Gasteiger partial charge in [0.05, 0.1) is 12.7 Å². The quantitative estimate of drug-likeness (QED) is 0.475. The van der Waals surface area contributed by atoms with E-state index in [0.29, 0.717) is 24.2 Å². The normalized spacial score (nSPS) is 23.3. The average molecular weight is 489 g/mol. The fourth-order valence-corrected chi connectivity index (χ4v) is 6.08. The SMILES string of the molecule is Cc1cc(C(=O)O)nc(N2C3CC[C@H]2CC(OCc2c(-c4c(C)cccc4C)noc2C2CC2)C3)n1. The van der Waals surface area contributed by atoms with E-state index in [2.05, 4.69) is 52.1 Å². The summed E-state index contributed by atoms with van der Waals surface area (Å²) in [6.07, 6.45) is 6.24. The number of fused-ring (bicyclic) bond motifs is 2. The van der Waals surface area contributed by atoms with Crippen molar-refractivity contribution in [1.29, 1.82) is 0 Å². The number of carboxylic acid groups (broad SMARTS) is 1. The van der Waals surface area contributed by atoms with Crippen LogP contribution in [0.4, 0.5) is 5.95 Å². The van der Waals surface area contributed by atoms with Crippen molar-refractivity contribution >= 4 is 11.9 Å². The molecule has 6 rings (SSSR count). The van der Waals surface area contributed by atoms with Crippen LogP contribution in [0.5, 0.6) is 0 Å². The number of rotatable bonds is 7. The lowest BCUT2D eigenvalue weighted by molar-refractivity contribution is 0.0144. The fraction of sp³-hybridized carbons (Fsp3) is 0.500. The van der Waals surface area contributed by atoms with Crippen molar-refractivity contribution in [3.8, 4) is 11.3 Å². The molecule has 8 nitrogen and oxygen atoms in total. The van der Waals surface area contributed by atoms with Gasteiger partial charge in [-0.3, -0.25) is 0 Å². The zero-order valence-corrected chi connectivity index (χ0v) is 21.0. The molecule has 1 aromatic carbocycles. The zero-order chi connectivity index (χ0) is 25.0. The van der Waals surface area contributed by atoms with Crippen molar-refractivity contribution in [1.82, 2.24) is 15.1 Å². The fourth-order valence-electron chi connectivity index (χ4n) is 6.08. The Morgan fingerprint density at radius 3 is 2.42 bits per heavy atom. The second-order valence-electron chi connectivity index (χ2n) is 10.6. The smallest absolute Gasteiger partial charge is 0.354 e. The summed E-state index contributed by atoms with van der Waals surface area (Å²) < 4.78 is 12.5. The van der Waals surface area contributed by atoms with E-state index in [9.17, 15) is 9.90 Å². The second-order valence-corrected chi connectivity index (χ2v) is 10.6. The minimum Gasteiger partial charge on any atom is -0.477 e. The van der Waals surface area contributed by atoms with Crippen LogP contribution < -0.4 is 4.90 Å². The number of hydrogen-bond donors (Lipinski definition) is 1. The van der Waals surface area contributed by atoms with Crippen LogP contribution in [0.1, 0.15) is 83.1 Å². The summed E-state index contributed by atoms with van der Waals surface area (Å²) in [5, 5.41) is 14.0. The maximum Gasteiger partial charge on any atom is 0.354 e. The van der Waals surface area contributed by atoms with E-state index < -0.39 is 5.97 Å². The Morgan fingerprint density at radius 1 is 1.08 bits per heavy atom. The average Bonchev–Trinajstić information content (AvgIpc) is 3.54. The molecule has 4 heterocycles. The minimum atomic E-state index is -1.02. The number of benzene rings is 1. The number of anilines is 1. The van der Waals surface area contributed by atoms with Gasteiger partial charge in [0.1, 0.15) is 11.5 Å². The van der Waals surface area contributed by atoms with Gasteiger partial charge in [-0.15, -0.1) is 0 Å². The molecule has 2 saturated heterocycles. The molecular weight excluding hydrogens is 456 g/mol. The Bertz CT molecular complexity index is 1280. The lowest BCUT2D eigenvalue weighted by atomic mass is 9.96. The Kier molecular flexibility index (Phi) is 5.79. The third-order valence-corrected chi connectivity index (χ3v) is 7.93. The van der Waals surface area contributed by atoms with E-state index in [1.165, 1.54) is 17.2 Å². The van der Waals surface area contributed by atoms with E-state index in [4.69, 9.17) is 9.26 Å². The minimum absolute atomic E-state index is 0.0503. The summed E-state index contributed by atoms with van der Waals surface area (Å²) in [5.41, 5.74) is 6.27. The molecule has 1 N–H and O–H groups in total. The first kappa shape index (κ1) is 23.2. The van der Waals surface area contributed by atoms with Gasteiger partial charge < -0.3 is 19.3 Å². The molecule has 36 heavy (non-hydrogen) atoms. The van der Waals surface area contributed by atoms with Gasteiger partial charge in [-0.1, -0.05) is 23.4 Å². The third kappa shape index (κ3) is 4.17. The lowest BCUT2D eigenvalue weighted by Gasteiger charge is -2.39. The summed E-state index contributed by atoms with van der Waals surface area (Å²) in [7, 11) is 0. The van der Waals surface area contributed by atoms with Gasteiger partial charge in [-0.05, 0) is 76.5 Å². The number of aromatic carboxylic acids is 1. The van der Waals surface area contributed by atoms with Gasteiger partial charge in [0.2, 0.25) is 5.95 Å². The van der Waals surface area contributed by atoms with Crippen LogP contribution in [0, 0.1) is 20.8 Å². The summed E-state index contributed by atoms with van der Waals surface area (Å²) >= 11 is 0.